The van der Waals surface area contributed by atoms with Crippen molar-refractivity contribution in [2.45, 2.75) is 25.4 Å². The fourth-order valence-corrected chi connectivity index (χ4v) is 4.37. The molecule has 7 heteroatoms. The molecule has 2 heterocycles. The molecular weight excluding hydrogens is 440 g/mol. The molecule has 1 atom stereocenters. The van der Waals surface area contributed by atoms with Crippen molar-refractivity contribution < 1.29 is 14.3 Å². The highest BCUT2D eigenvalue weighted by atomic mass is 16.5. The predicted molar refractivity (Wildman–Crippen MR) is 135 cm³/mol. The van der Waals surface area contributed by atoms with Crippen molar-refractivity contribution in [1.29, 1.82) is 0 Å². The van der Waals surface area contributed by atoms with Crippen molar-refractivity contribution >= 4 is 11.8 Å². The molecule has 4 rings (SSSR count). The first-order chi connectivity index (χ1) is 17.1. The van der Waals surface area contributed by atoms with Gasteiger partial charge < -0.3 is 15.4 Å². The summed E-state index contributed by atoms with van der Waals surface area (Å²) in [5.41, 5.74) is 2.67. The summed E-state index contributed by atoms with van der Waals surface area (Å²) in [6.45, 7) is 2.95. The van der Waals surface area contributed by atoms with Gasteiger partial charge in [-0.15, -0.1) is 0 Å². The van der Waals surface area contributed by atoms with Gasteiger partial charge in [0.1, 0.15) is 5.75 Å². The standard InChI is InChI=1S/C28H32N4O3/c1-35-25-11-9-23(10-12-25)28(34)31-26(22-7-3-2-4-8-22)19-30-27(33)24-13-16-32(17-14-24)20-21-6-5-15-29-18-21/h2-12,15,18,24,26H,13-14,16-17,19-20H2,1H3,(H,30,33)(H,31,34)/t26-/m0/s1. The van der Waals surface area contributed by atoms with Crippen LogP contribution in [0.5, 0.6) is 5.75 Å². The molecule has 1 fully saturated rings. The summed E-state index contributed by atoms with van der Waals surface area (Å²) in [4.78, 5) is 32.4. The van der Waals surface area contributed by atoms with Crippen molar-refractivity contribution in [3.05, 3.63) is 95.8 Å². The summed E-state index contributed by atoms with van der Waals surface area (Å²) < 4.78 is 5.17. The number of nitrogens with one attached hydrogen (secondary N) is 2. The molecule has 0 aliphatic carbocycles. The van der Waals surface area contributed by atoms with Gasteiger partial charge in [-0.1, -0.05) is 36.4 Å². The Morgan fingerprint density at radius 1 is 1.03 bits per heavy atom. The fraction of sp³-hybridized carbons (Fsp3) is 0.321. The Hall–Kier alpha value is -3.71. The van der Waals surface area contributed by atoms with Crippen LogP contribution in [-0.2, 0) is 11.3 Å². The molecule has 2 amide bonds. The van der Waals surface area contributed by atoms with E-state index in [0.29, 0.717) is 17.9 Å². The summed E-state index contributed by atoms with van der Waals surface area (Å²) in [5, 5.41) is 6.16. The van der Waals surface area contributed by atoms with Crippen molar-refractivity contribution in [3.63, 3.8) is 0 Å². The Labute approximate surface area is 206 Å². The summed E-state index contributed by atoms with van der Waals surface area (Å²) in [5.74, 6) is 0.527. The number of pyridine rings is 1. The van der Waals surface area contributed by atoms with Gasteiger partial charge in [0, 0.05) is 37.0 Å². The lowest BCUT2D eigenvalue weighted by Crippen LogP contribution is -2.43. The second kappa shape index (κ2) is 12.1. The topological polar surface area (TPSA) is 83.6 Å². The number of benzene rings is 2. The SMILES string of the molecule is COc1ccc(C(=O)N[C@@H](CNC(=O)C2CCN(Cc3cccnc3)CC2)c2ccccc2)cc1. The smallest absolute Gasteiger partial charge is 0.251 e. The maximum Gasteiger partial charge on any atom is 0.251 e. The number of hydrogen-bond donors (Lipinski definition) is 2. The maximum absolute atomic E-state index is 13.0. The first-order valence-corrected chi connectivity index (χ1v) is 12.0. The van der Waals surface area contributed by atoms with Gasteiger partial charge in [-0.25, -0.2) is 0 Å². The number of nitrogens with zero attached hydrogens (tertiary/aromatic N) is 2. The fourth-order valence-electron chi connectivity index (χ4n) is 4.37. The van der Waals surface area contributed by atoms with Crippen molar-refractivity contribution in [1.82, 2.24) is 20.5 Å². The Morgan fingerprint density at radius 3 is 2.43 bits per heavy atom. The van der Waals surface area contributed by atoms with Gasteiger partial charge in [0.2, 0.25) is 5.91 Å². The Bertz CT molecular complexity index is 1080. The molecule has 0 saturated carbocycles. The van der Waals surface area contributed by atoms with Crippen molar-refractivity contribution in [2.24, 2.45) is 5.92 Å². The second-order valence-corrected chi connectivity index (χ2v) is 8.82. The highest BCUT2D eigenvalue weighted by Crippen LogP contribution is 2.20. The number of amides is 2. The van der Waals surface area contributed by atoms with Crippen LogP contribution in [0, 0.1) is 5.92 Å². The van der Waals surface area contributed by atoms with Gasteiger partial charge in [-0.2, -0.15) is 0 Å². The maximum atomic E-state index is 13.0. The van der Waals surface area contributed by atoms with Crippen LogP contribution in [-0.4, -0.2) is 48.4 Å². The number of methoxy groups -OCH3 is 1. The number of carbonyl (C=O) groups is 2. The van der Waals surface area contributed by atoms with Gasteiger partial charge in [-0.05, 0) is 67.4 Å². The average Bonchev–Trinajstić information content (AvgIpc) is 2.92. The average molecular weight is 473 g/mol. The Kier molecular flexibility index (Phi) is 8.46. The van der Waals surface area contributed by atoms with Crippen LogP contribution < -0.4 is 15.4 Å². The molecular formula is C28H32N4O3. The summed E-state index contributed by atoms with van der Waals surface area (Å²) in [6, 6.07) is 20.4. The molecule has 1 aromatic heterocycles. The monoisotopic (exact) mass is 472 g/mol. The van der Waals surface area contributed by atoms with E-state index in [1.807, 2.05) is 42.6 Å². The first kappa shape index (κ1) is 24.4. The molecule has 1 aliphatic rings. The summed E-state index contributed by atoms with van der Waals surface area (Å²) >= 11 is 0. The minimum absolute atomic E-state index is 0.0196. The van der Waals surface area contributed by atoms with Crippen LogP contribution in [0.4, 0.5) is 0 Å². The third kappa shape index (κ3) is 6.90. The molecule has 182 valence electrons. The lowest BCUT2D eigenvalue weighted by atomic mass is 9.95. The van der Waals surface area contributed by atoms with E-state index in [4.69, 9.17) is 4.74 Å². The molecule has 0 radical (unpaired) electrons. The van der Waals surface area contributed by atoms with E-state index in [-0.39, 0.29) is 23.8 Å². The molecule has 2 N–H and O–H groups in total. The number of ether oxygens (including phenoxy) is 1. The largest absolute Gasteiger partial charge is 0.497 e. The van der Waals surface area contributed by atoms with Gasteiger partial charge in [0.05, 0.1) is 13.2 Å². The molecule has 2 aromatic carbocycles. The van der Waals surface area contributed by atoms with Gasteiger partial charge in [0.25, 0.3) is 5.91 Å². The van der Waals surface area contributed by atoms with E-state index in [0.717, 1.165) is 38.0 Å². The predicted octanol–water partition coefficient (Wildman–Crippen LogP) is 3.59. The normalized spacial score (nSPS) is 15.2. The van der Waals surface area contributed by atoms with E-state index < -0.39 is 0 Å². The molecule has 7 nitrogen and oxygen atoms in total. The highest BCUT2D eigenvalue weighted by Gasteiger charge is 2.26. The number of carbonyl (C=O) groups excluding carboxylic acids is 2. The third-order valence-corrected chi connectivity index (χ3v) is 6.43. The number of hydrogen-bond acceptors (Lipinski definition) is 5. The molecule has 35 heavy (non-hydrogen) atoms. The second-order valence-electron chi connectivity index (χ2n) is 8.82. The quantitative estimate of drug-likeness (QED) is 0.497. The van der Waals surface area contributed by atoms with Gasteiger partial charge >= 0.3 is 0 Å². The van der Waals surface area contributed by atoms with E-state index in [9.17, 15) is 9.59 Å². The minimum atomic E-state index is -0.333. The Morgan fingerprint density at radius 2 is 1.77 bits per heavy atom. The molecule has 0 spiro atoms. The Balaban J connectivity index is 1.32. The van der Waals surface area contributed by atoms with Crippen LogP contribution in [0.15, 0.2) is 79.1 Å². The molecule has 1 aliphatic heterocycles. The number of likely N-dealkylation sites (tertiary alicyclic amines) is 1. The highest BCUT2D eigenvalue weighted by molar-refractivity contribution is 5.94. The van der Waals surface area contributed by atoms with E-state index >= 15 is 0 Å². The molecule has 1 saturated heterocycles. The van der Waals surface area contributed by atoms with E-state index in [2.05, 4.69) is 26.6 Å². The van der Waals surface area contributed by atoms with Gasteiger partial charge in [-0.3, -0.25) is 19.5 Å². The third-order valence-electron chi connectivity index (χ3n) is 6.43. The summed E-state index contributed by atoms with van der Waals surface area (Å²) in [7, 11) is 1.59. The van der Waals surface area contributed by atoms with Crippen LogP contribution in [0.25, 0.3) is 0 Å². The zero-order valence-corrected chi connectivity index (χ0v) is 20.0. The van der Waals surface area contributed by atoms with Crippen molar-refractivity contribution in [3.8, 4) is 5.75 Å². The van der Waals surface area contributed by atoms with E-state index in [1.54, 1.807) is 37.6 Å². The van der Waals surface area contributed by atoms with Crippen LogP contribution >= 0.6 is 0 Å². The van der Waals surface area contributed by atoms with Gasteiger partial charge in [0.15, 0.2) is 0 Å². The number of aromatic nitrogens is 1. The van der Waals surface area contributed by atoms with Crippen LogP contribution in [0.3, 0.4) is 0 Å². The first-order valence-electron chi connectivity index (χ1n) is 12.0. The lowest BCUT2D eigenvalue weighted by molar-refractivity contribution is -0.126. The number of piperidine rings is 1. The zero-order chi connectivity index (χ0) is 24.5. The number of rotatable bonds is 9. The van der Waals surface area contributed by atoms with Crippen molar-refractivity contribution in [2.75, 3.05) is 26.7 Å². The van der Waals surface area contributed by atoms with Crippen LogP contribution in [0.2, 0.25) is 0 Å². The van der Waals surface area contributed by atoms with E-state index in [1.165, 1.54) is 5.56 Å². The zero-order valence-electron chi connectivity index (χ0n) is 20.0. The van der Waals surface area contributed by atoms with Crippen LogP contribution in [0.1, 0.15) is 40.4 Å². The molecule has 0 unspecified atom stereocenters. The molecule has 0 bridgehead atoms. The molecule has 3 aromatic rings. The summed E-state index contributed by atoms with van der Waals surface area (Å²) in [6.07, 6.45) is 5.31. The lowest BCUT2D eigenvalue weighted by Gasteiger charge is -2.31. The minimum Gasteiger partial charge on any atom is -0.497 e.